The summed E-state index contributed by atoms with van der Waals surface area (Å²) in [7, 11) is 0. The van der Waals surface area contributed by atoms with E-state index in [0.29, 0.717) is 5.15 Å². The second-order valence-electron chi connectivity index (χ2n) is 3.66. The molecule has 1 heterocycles. The molecule has 0 aliphatic rings. The summed E-state index contributed by atoms with van der Waals surface area (Å²) < 4.78 is 0. The van der Waals surface area contributed by atoms with E-state index < -0.39 is 0 Å². The van der Waals surface area contributed by atoms with Gasteiger partial charge in [-0.05, 0) is 16.8 Å². The Morgan fingerprint density at radius 3 is 2.50 bits per heavy atom. The van der Waals surface area contributed by atoms with E-state index in [9.17, 15) is 0 Å². The van der Waals surface area contributed by atoms with Crippen molar-refractivity contribution in [1.82, 2.24) is 10.2 Å². The van der Waals surface area contributed by atoms with Crippen molar-refractivity contribution < 1.29 is 0 Å². The van der Waals surface area contributed by atoms with Crippen molar-refractivity contribution in [1.29, 1.82) is 0 Å². The molecule has 16 heavy (non-hydrogen) atoms. The first-order valence-electron chi connectivity index (χ1n) is 5.03. The zero-order valence-corrected chi connectivity index (χ0v) is 9.20. The molecule has 3 heteroatoms. The van der Waals surface area contributed by atoms with Crippen molar-refractivity contribution in [3.05, 3.63) is 53.7 Å². The molecule has 0 fully saturated rings. The van der Waals surface area contributed by atoms with Crippen LogP contribution in [0.1, 0.15) is 0 Å². The lowest BCUT2D eigenvalue weighted by molar-refractivity contribution is 1.10. The number of hydrogen-bond acceptors (Lipinski definition) is 1. The lowest BCUT2D eigenvalue weighted by Gasteiger charge is -2.00. The number of aromatic amines is 1. The molecule has 0 amide bonds. The fourth-order valence-corrected chi connectivity index (χ4v) is 1.94. The molecule has 2 aromatic carbocycles. The number of nitrogens with zero attached hydrogens (tertiary/aromatic N) is 1. The predicted octanol–water partition coefficient (Wildman–Crippen LogP) is 3.88. The van der Waals surface area contributed by atoms with E-state index in [-0.39, 0.29) is 0 Å². The van der Waals surface area contributed by atoms with Crippen molar-refractivity contribution >= 4 is 22.4 Å². The first kappa shape index (κ1) is 9.43. The number of fused-ring (bicyclic) bond motifs is 1. The Morgan fingerprint density at radius 1 is 0.938 bits per heavy atom. The summed E-state index contributed by atoms with van der Waals surface area (Å²) in [4.78, 5) is 0. The standard InChI is InChI=1S/C13H9ClN2/c14-13-8-12(15-16-13)11-6-5-9-3-1-2-4-10(9)7-11/h1-8H,(H,15,16). The van der Waals surface area contributed by atoms with E-state index in [1.54, 1.807) is 0 Å². The normalized spacial score (nSPS) is 10.8. The van der Waals surface area contributed by atoms with Gasteiger partial charge in [-0.1, -0.05) is 48.0 Å². The van der Waals surface area contributed by atoms with Crippen LogP contribution in [-0.2, 0) is 0 Å². The molecular formula is C13H9ClN2. The first-order chi connectivity index (χ1) is 7.83. The number of hydrogen-bond donors (Lipinski definition) is 1. The Labute approximate surface area is 97.9 Å². The van der Waals surface area contributed by atoms with Gasteiger partial charge in [0, 0.05) is 11.6 Å². The number of benzene rings is 2. The molecule has 0 spiro atoms. The minimum Gasteiger partial charge on any atom is -0.267 e. The second-order valence-corrected chi connectivity index (χ2v) is 4.07. The highest BCUT2D eigenvalue weighted by Gasteiger charge is 2.03. The highest BCUT2D eigenvalue weighted by Crippen LogP contribution is 2.24. The Kier molecular flexibility index (Phi) is 2.15. The summed E-state index contributed by atoms with van der Waals surface area (Å²) in [6, 6.07) is 16.3. The van der Waals surface area contributed by atoms with Gasteiger partial charge in [-0.25, -0.2) is 0 Å². The zero-order chi connectivity index (χ0) is 11.0. The van der Waals surface area contributed by atoms with Crippen LogP contribution >= 0.6 is 11.6 Å². The van der Waals surface area contributed by atoms with Gasteiger partial charge in [-0.2, -0.15) is 5.10 Å². The summed E-state index contributed by atoms with van der Waals surface area (Å²) in [5.74, 6) is 0. The monoisotopic (exact) mass is 228 g/mol. The van der Waals surface area contributed by atoms with Gasteiger partial charge in [-0.15, -0.1) is 0 Å². The van der Waals surface area contributed by atoms with Gasteiger partial charge in [0.1, 0.15) is 5.15 Å². The van der Waals surface area contributed by atoms with Crippen LogP contribution in [0.2, 0.25) is 5.15 Å². The van der Waals surface area contributed by atoms with Crippen molar-refractivity contribution in [2.75, 3.05) is 0 Å². The first-order valence-corrected chi connectivity index (χ1v) is 5.41. The number of rotatable bonds is 1. The van der Waals surface area contributed by atoms with Crippen molar-refractivity contribution in [2.24, 2.45) is 0 Å². The maximum absolute atomic E-state index is 5.81. The van der Waals surface area contributed by atoms with Gasteiger partial charge < -0.3 is 0 Å². The zero-order valence-electron chi connectivity index (χ0n) is 8.44. The summed E-state index contributed by atoms with van der Waals surface area (Å²) >= 11 is 5.81. The van der Waals surface area contributed by atoms with E-state index in [4.69, 9.17) is 11.6 Å². The maximum atomic E-state index is 5.81. The molecule has 3 rings (SSSR count). The third kappa shape index (κ3) is 1.57. The number of H-pyrrole nitrogens is 1. The van der Waals surface area contributed by atoms with Crippen LogP contribution in [-0.4, -0.2) is 10.2 Å². The van der Waals surface area contributed by atoms with Gasteiger partial charge in [0.25, 0.3) is 0 Å². The predicted molar refractivity (Wildman–Crippen MR) is 66.5 cm³/mol. The second kappa shape index (κ2) is 3.65. The third-order valence-corrected chi connectivity index (χ3v) is 2.79. The highest BCUT2D eigenvalue weighted by atomic mass is 35.5. The molecule has 3 aromatic rings. The van der Waals surface area contributed by atoms with E-state index in [0.717, 1.165) is 11.3 Å². The number of nitrogens with one attached hydrogen (secondary N) is 1. The SMILES string of the molecule is Clc1cc(-c2ccc3ccccc3c2)n[nH]1. The molecule has 0 atom stereocenters. The minimum absolute atomic E-state index is 0.558. The third-order valence-electron chi connectivity index (χ3n) is 2.59. The lowest BCUT2D eigenvalue weighted by Crippen LogP contribution is -1.78. The Hall–Kier alpha value is -1.80. The van der Waals surface area contributed by atoms with Gasteiger partial charge >= 0.3 is 0 Å². The van der Waals surface area contributed by atoms with Gasteiger partial charge in [0.05, 0.1) is 5.69 Å². The fraction of sp³-hybridized carbons (Fsp3) is 0. The van der Waals surface area contributed by atoms with Gasteiger partial charge in [0.15, 0.2) is 0 Å². The fourth-order valence-electron chi connectivity index (χ4n) is 1.79. The molecule has 0 aliphatic carbocycles. The lowest BCUT2D eigenvalue weighted by atomic mass is 10.1. The molecule has 0 saturated heterocycles. The molecule has 78 valence electrons. The molecule has 0 saturated carbocycles. The van der Waals surface area contributed by atoms with Crippen LogP contribution in [0.25, 0.3) is 22.0 Å². The van der Waals surface area contributed by atoms with Crippen LogP contribution in [0.5, 0.6) is 0 Å². The molecule has 0 unspecified atom stereocenters. The smallest absolute Gasteiger partial charge is 0.124 e. The van der Waals surface area contributed by atoms with Crippen LogP contribution in [0.4, 0.5) is 0 Å². The molecule has 1 N–H and O–H groups in total. The minimum atomic E-state index is 0.558. The Morgan fingerprint density at radius 2 is 1.75 bits per heavy atom. The van der Waals surface area contributed by atoms with Crippen LogP contribution in [0.15, 0.2) is 48.5 Å². The van der Waals surface area contributed by atoms with Crippen molar-refractivity contribution in [3.63, 3.8) is 0 Å². The van der Waals surface area contributed by atoms with Crippen LogP contribution in [0.3, 0.4) is 0 Å². The van der Waals surface area contributed by atoms with E-state index in [2.05, 4.69) is 40.5 Å². The average molecular weight is 229 g/mol. The average Bonchev–Trinajstić information content (AvgIpc) is 2.75. The van der Waals surface area contributed by atoms with Crippen molar-refractivity contribution in [3.8, 4) is 11.3 Å². The quantitative estimate of drug-likeness (QED) is 0.673. The van der Waals surface area contributed by atoms with E-state index >= 15 is 0 Å². The molecule has 0 bridgehead atoms. The largest absolute Gasteiger partial charge is 0.267 e. The van der Waals surface area contributed by atoms with Crippen LogP contribution in [0, 0.1) is 0 Å². The van der Waals surface area contributed by atoms with Gasteiger partial charge in [0.2, 0.25) is 0 Å². The Balaban J connectivity index is 2.18. The molecule has 2 nitrogen and oxygen atoms in total. The molecular weight excluding hydrogens is 220 g/mol. The summed E-state index contributed by atoms with van der Waals surface area (Å²) in [6.45, 7) is 0. The number of halogens is 1. The molecule has 1 aromatic heterocycles. The summed E-state index contributed by atoms with van der Waals surface area (Å²) in [6.07, 6.45) is 0. The molecule has 0 aliphatic heterocycles. The maximum Gasteiger partial charge on any atom is 0.124 e. The number of aromatic nitrogens is 2. The molecule has 0 radical (unpaired) electrons. The van der Waals surface area contributed by atoms with Crippen molar-refractivity contribution in [2.45, 2.75) is 0 Å². The van der Waals surface area contributed by atoms with Crippen LogP contribution < -0.4 is 0 Å². The van der Waals surface area contributed by atoms with E-state index in [1.807, 2.05) is 18.2 Å². The Bertz CT molecular complexity index is 643. The summed E-state index contributed by atoms with van der Waals surface area (Å²) in [5.41, 5.74) is 1.94. The van der Waals surface area contributed by atoms with E-state index in [1.165, 1.54) is 10.8 Å². The topological polar surface area (TPSA) is 28.7 Å². The van der Waals surface area contributed by atoms with Gasteiger partial charge in [-0.3, -0.25) is 5.10 Å². The summed E-state index contributed by atoms with van der Waals surface area (Å²) in [5, 5.41) is 9.86. The highest BCUT2D eigenvalue weighted by molar-refractivity contribution is 6.29.